The van der Waals surface area contributed by atoms with Gasteiger partial charge in [-0.1, -0.05) is 0 Å². The molecule has 1 aromatic carbocycles. The molecule has 0 radical (unpaired) electrons. The molecule has 21 heavy (non-hydrogen) atoms. The molecule has 0 aliphatic heterocycles. The fourth-order valence-electron chi connectivity index (χ4n) is 1.99. The van der Waals surface area contributed by atoms with Crippen molar-refractivity contribution in [3.05, 3.63) is 63.0 Å². The average Bonchev–Trinajstić information content (AvgIpc) is 2.91. The predicted octanol–water partition coefficient (Wildman–Crippen LogP) is 2.29. The lowest BCUT2D eigenvalue weighted by atomic mass is 10.1. The number of nitrogens with one attached hydrogen (secondary N) is 1. The van der Waals surface area contributed by atoms with Gasteiger partial charge in [0.05, 0.1) is 22.7 Å². The summed E-state index contributed by atoms with van der Waals surface area (Å²) in [6.07, 6.45) is -3.33. The highest BCUT2D eigenvalue weighted by atomic mass is 19.4. The molecule has 0 unspecified atom stereocenters. The number of fused-ring (bicyclic) bond motifs is 1. The first-order valence-corrected chi connectivity index (χ1v) is 5.78. The molecule has 0 fully saturated rings. The number of alkyl halides is 3. The van der Waals surface area contributed by atoms with Gasteiger partial charge in [0.2, 0.25) is 5.88 Å². The summed E-state index contributed by atoms with van der Waals surface area (Å²) in [4.78, 5) is 26.4. The van der Waals surface area contributed by atoms with E-state index in [1.54, 1.807) is 0 Å². The second-order valence-electron chi connectivity index (χ2n) is 4.28. The first-order chi connectivity index (χ1) is 9.88. The second kappa shape index (κ2) is 4.37. The van der Waals surface area contributed by atoms with E-state index in [-0.39, 0.29) is 16.8 Å². The lowest BCUT2D eigenvalue weighted by molar-refractivity contribution is -0.137. The number of hydrogen-bond acceptors (Lipinski definition) is 3. The van der Waals surface area contributed by atoms with Crippen molar-refractivity contribution in [2.24, 2.45) is 0 Å². The Morgan fingerprint density at radius 3 is 2.52 bits per heavy atom. The predicted molar refractivity (Wildman–Crippen MR) is 67.4 cm³/mol. The monoisotopic (exact) mass is 296 g/mol. The Hall–Kier alpha value is -2.77. The number of hydrogen-bond donors (Lipinski definition) is 1. The molecule has 2 heterocycles. The second-order valence-corrected chi connectivity index (χ2v) is 4.28. The number of nitrogens with zero attached hydrogens (tertiary/aromatic N) is 1. The van der Waals surface area contributed by atoms with Crippen molar-refractivity contribution in [3.63, 3.8) is 0 Å². The molecular formula is C13H7F3N2O3. The Labute approximate surface area is 114 Å². The van der Waals surface area contributed by atoms with E-state index in [0.717, 1.165) is 12.1 Å². The topological polar surface area (TPSA) is 68.0 Å². The van der Waals surface area contributed by atoms with E-state index in [4.69, 9.17) is 4.42 Å². The van der Waals surface area contributed by atoms with Crippen LogP contribution in [0.25, 0.3) is 16.8 Å². The molecule has 0 spiro atoms. The molecule has 0 aliphatic rings. The standard InChI is InChI=1S/C13H7F3N2O3/c14-13(15,16)7-3-4-9-8(6-7)11(19)18(12(20)17-9)10-2-1-5-21-10/h1-6H,(H,17,20). The first kappa shape index (κ1) is 13.2. The third kappa shape index (κ3) is 2.14. The summed E-state index contributed by atoms with van der Waals surface area (Å²) < 4.78 is 43.7. The van der Waals surface area contributed by atoms with Crippen molar-refractivity contribution in [1.82, 2.24) is 9.55 Å². The number of halogens is 3. The molecular weight excluding hydrogens is 289 g/mol. The molecule has 8 heteroatoms. The summed E-state index contributed by atoms with van der Waals surface area (Å²) in [6, 6.07) is 5.36. The number of aromatic nitrogens is 2. The maximum Gasteiger partial charge on any atom is 0.416 e. The van der Waals surface area contributed by atoms with Gasteiger partial charge in [0.1, 0.15) is 0 Å². The van der Waals surface area contributed by atoms with E-state index in [9.17, 15) is 22.8 Å². The Balaban J connectivity index is 2.38. The molecule has 3 aromatic rings. The number of rotatable bonds is 1. The van der Waals surface area contributed by atoms with Crippen LogP contribution in [0.1, 0.15) is 5.56 Å². The number of H-pyrrole nitrogens is 1. The van der Waals surface area contributed by atoms with Gasteiger partial charge in [-0.25, -0.2) is 4.79 Å². The Kier molecular flexibility index (Phi) is 2.75. The van der Waals surface area contributed by atoms with Gasteiger partial charge in [-0.15, -0.1) is 0 Å². The molecule has 0 amide bonds. The molecule has 0 atom stereocenters. The molecule has 0 saturated heterocycles. The van der Waals surface area contributed by atoms with Gasteiger partial charge in [0.25, 0.3) is 5.56 Å². The Bertz CT molecular complexity index is 920. The lowest BCUT2D eigenvalue weighted by Crippen LogP contribution is -2.33. The van der Waals surface area contributed by atoms with Gasteiger partial charge in [-0.3, -0.25) is 4.79 Å². The smallest absolute Gasteiger partial charge is 0.416 e. The summed E-state index contributed by atoms with van der Waals surface area (Å²) in [5, 5.41) is -0.249. The van der Waals surface area contributed by atoms with Crippen LogP contribution in [-0.2, 0) is 6.18 Å². The maximum absolute atomic E-state index is 12.7. The minimum absolute atomic E-state index is 0.0285. The molecule has 0 saturated carbocycles. The van der Waals surface area contributed by atoms with Crippen molar-refractivity contribution < 1.29 is 17.6 Å². The van der Waals surface area contributed by atoms with Crippen LogP contribution in [0.4, 0.5) is 13.2 Å². The normalized spacial score (nSPS) is 12.0. The minimum atomic E-state index is -4.58. The van der Waals surface area contributed by atoms with E-state index >= 15 is 0 Å². The Morgan fingerprint density at radius 2 is 1.90 bits per heavy atom. The van der Waals surface area contributed by atoms with Crippen molar-refractivity contribution >= 4 is 10.9 Å². The van der Waals surface area contributed by atoms with Crippen LogP contribution in [-0.4, -0.2) is 9.55 Å². The molecule has 0 aliphatic carbocycles. The minimum Gasteiger partial charge on any atom is -0.448 e. The molecule has 2 aromatic heterocycles. The van der Waals surface area contributed by atoms with Gasteiger partial charge in [0, 0.05) is 6.07 Å². The molecule has 1 N–H and O–H groups in total. The van der Waals surface area contributed by atoms with E-state index in [0.29, 0.717) is 10.6 Å². The van der Waals surface area contributed by atoms with Gasteiger partial charge in [-0.05, 0) is 24.3 Å². The van der Waals surface area contributed by atoms with E-state index < -0.39 is 23.0 Å². The van der Waals surface area contributed by atoms with Crippen LogP contribution >= 0.6 is 0 Å². The van der Waals surface area contributed by atoms with E-state index in [1.165, 1.54) is 18.4 Å². The van der Waals surface area contributed by atoms with Crippen LogP contribution in [0.2, 0.25) is 0 Å². The summed E-state index contributed by atoms with van der Waals surface area (Å²) >= 11 is 0. The van der Waals surface area contributed by atoms with Crippen LogP contribution < -0.4 is 11.2 Å². The Morgan fingerprint density at radius 1 is 1.14 bits per heavy atom. The van der Waals surface area contributed by atoms with Crippen molar-refractivity contribution in [3.8, 4) is 5.88 Å². The van der Waals surface area contributed by atoms with Gasteiger partial charge < -0.3 is 9.40 Å². The van der Waals surface area contributed by atoms with Gasteiger partial charge >= 0.3 is 11.9 Å². The highest BCUT2D eigenvalue weighted by molar-refractivity contribution is 5.78. The quantitative estimate of drug-likeness (QED) is 0.749. The zero-order valence-electron chi connectivity index (χ0n) is 10.3. The van der Waals surface area contributed by atoms with Gasteiger partial charge in [0.15, 0.2) is 0 Å². The highest BCUT2D eigenvalue weighted by Gasteiger charge is 2.31. The fraction of sp³-hybridized carbons (Fsp3) is 0.0769. The van der Waals surface area contributed by atoms with Crippen LogP contribution in [0.3, 0.4) is 0 Å². The summed E-state index contributed by atoms with van der Waals surface area (Å²) in [5.41, 5.74) is -2.61. The first-order valence-electron chi connectivity index (χ1n) is 5.78. The number of furan rings is 1. The third-order valence-electron chi connectivity index (χ3n) is 2.95. The van der Waals surface area contributed by atoms with Gasteiger partial charge in [-0.2, -0.15) is 17.7 Å². The zero-order chi connectivity index (χ0) is 15.2. The molecule has 3 rings (SSSR count). The molecule has 0 bridgehead atoms. The van der Waals surface area contributed by atoms with Crippen molar-refractivity contribution in [2.75, 3.05) is 0 Å². The summed E-state index contributed by atoms with van der Waals surface area (Å²) in [7, 11) is 0. The number of aromatic amines is 1. The van der Waals surface area contributed by atoms with Crippen LogP contribution in [0, 0.1) is 0 Å². The largest absolute Gasteiger partial charge is 0.448 e. The third-order valence-corrected chi connectivity index (χ3v) is 2.95. The van der Waals surface area contributed by atoms with Crippen LogP contribution in [0.15, 0.2) is 50.6 Å². The van der Waals surface area contributed by atoms with Crippen LogP contribution in [0.5, 0.6) is 0 Å². The average molecular weight is 296 g/mol. The molecule has 108 valence electrons. The van der Waals surface area contributed by atoms with E-state index in [2.05, 4.69) is 4.98 Å². The molecule has 5 nitrogen and oxygen atoms in total. The maximum atomic E-state index is 12.7. The summed E-state index contributed by atoms with van der Waals surface area (Å²) in [5.74, 6) is -0.0689. The number of benzene rings is 1. The fourth-order valence-corrected chi connectivity index (χ4v) is 1.99. The van der Waals surface area contributed by atoms with Crippen molar-refractivity contribution in [1.29, 1.82) is 0 Å². The highest BCUT2D eigenvalue weighted by Crippen LogP contribution is 2.30. The van der Waals surface area contributed by atoms with Crippen molar-refractivity contribution in [2.45, 2.75) is 6.18 Å². The SMILES string of the molecule is O=c1[nH]c2ccc(C(F)(F)F)cc2c(=O)n1-c1ccco1. The zero-order valence-corrected chi connectivity index (χ0v) is 10.3. The van der Waals surface area contributed by atoms with E-state index in [1.807, 2.05) is 0 Å². The summed E-state index contributed by atoms with van der Waals surface area (Å²) in [6.45, 7) is 0. The lowest BCUT2D eigenvalue weighted by Gasteiger charge is -2.08.